The van der Waals surface area contributed by atoms with Crippen molar-refractivity contribution in [2.45, 2.75) is 52.6 Å². The Kier molecular flexibility index (Phi) is 4.76. The fraction of sp³-hybridized carbons (Fsp3) is 0.600. The summed E-state index contributed by atoms with van der Waals surface area (Å²) >= 11 is 0. The fourth-order valence-corrected chi connectivity index (χ4v) is 3.45. The molecule has 1 fully saturated rings. The molecule has 1 amide bonds. The maximum atomic E-state index is 12.6. The number of amides is 1. The van der Waals surface area contributed by atoms with Crippen molar-refractivity contribution in [3.05, 3.63) is 28.8 Å². The summed E-state index contributed by atoms with van der Waals surface area (Å²) in [5.74, 6) is 1.15. The van der Waals surface area contributed by atoms with Crippen LogP contribution in [0.1, 0.15) is 54.6 Å². The highest BCUT2D eigenvalue weighted by Crippen LogP contribution is 2.40. The first kappa shape index (κ1) is 17.8. The Morgan fingerprint density at radius 1 is 1.24 bits per heavy atom. The van der Waals surface area contributed by atoms with Crippen molar-refractivity contribution in [2.75, 3.05) is 19.7 Å². The lowest BCUT2D eigenvalue weighted by Crippen LogP contribution is -2.52. The average molecular weight is 345 g/mol. The van der Waals surface area contributed by atoms with Crippen LogP contribution in [0, 0.1) is 19.8 Å². The number of nitrogens with zero attached hydrogens (tertiary/aromatic N) is 1. The van der Waals surface area contributed by atoms with Crippen molar-refractivity contribution < 1.29 is 19.1 Å². The van der Waals surface area contributed by atoms with Gasteiger partial charge in [0.2, 0.25) is 0 Å². The summed E-state index contributed by atoms with van der Waals surface area (Å²) in [5.41, 5.74) is 2.43. The number of hydrogen-bond acceptors (Lipinski definition) is 4. The van der Waals surface area contributed by atoms with Crippen LogP contribution in [0.5, 0.6) is 5.75 Å². The van der Waals surface area contributed by atoms with Gasteiger partial charge in [-0.25, -0.2) is 4.79 Å². The first-order valence-corrected chi connectivity index (χ1v) is 9.05. The minimum atomic E-state index is -0.486. The molecule has 3 rings (SSSR count). The normalized spacial score (nSPS) is 18.9. The Balaban J connectivity index is 1.68. The first-order chi connectivity index (χ1) is 11.8. The van der Waals surface area contributed by atoms with Crippen LogP contribution >= 0.6 is 0 Å². The minimum Gasteiger partial charge on any atom is -0.486 e. The summed E-state index contributed by atoms with van der Waals surface area (Å²) in [7, 11) is 0. The predicted molar refractivity (Wildman–Crippen MR) is 95.2 cm³/mol. The van der Waals surface area contributed by atoms with Gasteiger partial charge in [-0.05, 0) is 43.0 Å². The van der Waals surface area contributed by atoms with Crippen LogP contribution in [0.4, 0.5) is 4.79 Å². The van der Waals surface area contributed by atoms with E-state index in [1.165, 1.54) is 0 Å². The molecule has 0 atom stereocenters. The molecule has 1 aromatic carbocycles. The van der Waals surface area contributed by atoms with E-state index in [1.807, 2.05) is 39.8 Å². The zero-order valence-corrected chi connectivity index (χ0v) is 15.6. The molecule has 0 aliphatic carbocycles. The summed E-state index contributed by atoms with van der Waals surface area (Å²) in [6.45, 7) is 9.62. The van der Waals surface area contributed by atoms with Gasteiger partial charge in [-0.2, -0.15) is 0 Å². The van der Waals surface area contributed by atoms with Crippen molar-refractivity contribution >= 4 is 11.9 Å². The number of carbonyl (C=O) groups is 2. The number of rotatable bonds is 2. The van der Waals surface area contributed by atoms with Gasteiger partial charge in [0.15, 0.2) is 5.78 Å². The largest absolute Gasteiger partial charge is 0.486 e. The first-order valence-electron chi connectivity index (χ1n) is 9.05. The van der Waals surface area contributed by atoms with Crippen molar-refractivity contribution in [2.24, 2.45) is 5.92 Å². The van der Waals surface area contributed by atoms with Gasteiger partial charge < -0.3 is 14.4 Å². The quantitative estimate of drug-likeness (QED) is 0.816. The second-order valence-corrected chi connectivity index (χ2v) is 7.78. The van der Waals surface area contributed by atoms with E-state index in [0.29, 0.717) is 56.2 Å². The molecule has 1 aromatic rings. The number of ketones is 1. The van der Waals surface area contributed by atoms with Crippen molar-refractivity contribution in [3.63, 3.8) is 0 Å². The molecule has 0 aromatic heterocycles. The van der Waals surface area contributed by atoms with Crippen LogP contribution in [0.15, 0.2) is 12.1 Å². The number of ether oxygens (including phenoxy) is 2. The molecule has 136 valence electrons. The molecular weight excluding hydrogens is 318 g/mol. The molecule has 0 bridgehead atoms. The van der Waals surface area contributed by atoms with Gasteiger partial charge in [0, 0.05) is 25.9 Å². The monoisotopic (exact) mass is 345 g/mol. The van der Waals surface area contributed by atoms with Crippen LogP contribution in [-0.4, -0.2) is 42.1 Å². The molecule has 0 saturated carbocycles. The molecule has 25 heavy (non-hydrogen) atoms. The number of carbonyl (C=O) groups excluding carboxylic acids is 2. The number of aryl methyl sites for hydroxylation is 2. The highest BCUT2D eigenvalue weighted by atomic mass is 16.6. The topological polar surface area (TPSA) is 55.8 Å². The molecule has 0 radical (unpaired) electrons. The van der Waals surface area contributed by atoms with E-state index in [2.05, 4.69) is 0 Å². The summed E-state index contributed by atoms with van der Waals surface area (Å²) in [5, 5.41) is 0. The smallest absolute Gasteiger partial charge is 0.409 e. The van der Waals surface area contributed by atoms with Crippen molar-refractivity contribution in [1.82, 2.24) is 4.90 Å². The zero-order valence-electron chi connectivity index (χ0n) is 15.6. The second-order valence-electron chi connectivity index (χ2n) is 7.78. The van der Waals surface area contributed by atoms with Gasteiger partial charge in [-0.1, -0.05) is 13.8 Å². The lowest BCUT2D eigenvalue weighted by Gasteiger charge is -2.43. The Morgan fingerprint density at radius 3 is 2.52 bits per heavy atom. The Bertz CT molecular complexity index is 687. The van der Waals surface area contributed by atoms with Crippen molar-refractivity contribution in [3.8, 4) is 5.75 Å². The van der Waals surface area contributed by atoms with E-state index in [4.69, 9.17) is 9.47 Å². The van der Waals surface area contributed by atoms with Gasteiger partial charge in [-0.15, -0.1) is 0 Å². The van der Waals surface area contributed by atoms with Gasteiger partial charge in [0.05, 0.1) is 18.6 Å². The van der Waals surface area contributed by atoms with Crippen LogP contribution < -0.4 is 4.74 Å². The van der Waals surface area contributed by atoms with E-state index in [9.17, 15) is 9.59 Å². The summed E-state index contributed by atoms with van der Waals surface area (Å²) < 4.78 is 11.6. The molecule has 5 heteroatoms. The average Bonchev–Trinajstić information content (AvgIpc) is 2.55. The summed E-state index contributed by atoms with van der Waals surface area (Å²) in [6.07, 6.45) is 1.43. The zero-order chi connectivity index (χ0) is 18.2. The van der Waals surface area contributed by atoms with Crippen LogP contribution in [0.2, 0.25) is 0 Å². The molecule has 0 unspecified atom stereocenters. The van der Waals surface area contributed by atoms with Crippen molar-refractivity contribution in [1.29, 1.82) is 0 Å². The van der Waals surface area contributed by atoms with E-state index in [1.54, 1.807) is 4.90 Å². The highest BCUT2D eigenvalue weighted by molar-refractivity contribution is 6.00. The van der Waals surface area contributed by atoms with E-state index < -0.39 is 5.60 Å². The van der Waals surface area contributed by atoms with Gasteiger partial charge >= 0.3 is 6.09 Å². The molecule has 2 aliphatic rings. The van der Waals surface area contributed by atoms with Gasteiger partial charge in [0.25, 0.3) is 0 Å². The maximum absolute atomic E-state index is 12.6. The van der Waals surface area contributed by atoms with E-state index in [0.717, 1.165) is 11.1 Å². The third-order valence-electron chi connectivity index (χ3n) is 5.18. The maximum Gasteiger partial charge on any atom is 0.409 e. The van der Waals surface area contributed by atoms with E-state index in [-0.39, 0.29) is 11.9 Å². The SMILES string of the molecule is Cc1cc2c(cc1C)C(=O)CC1(CCN(C(=O)OCC(C)C)CC1)O2. The third-order valence-corrected chi connectivity index (χ3v) is 5.18. The second kappa shape index (κ2) is 6.70. The number of benzene rings is 1. The van der Waals surface area contributed by atoms with E-state index >= 15 is 0 Å². The summed E-state index contributed by atoms with van der Waals surface area (Å²) in [6, 6.07) is 3.89. The molecular formula is C20H27NO4. The highest BCUT2D eigenvalue weighted by Gasteiger charge is 2.44. The Morgan fingerprint density at radius 2 is 1.88 bits per heavy atom. The molecule has 2 aliphatic heterocycles. The molecule has 1 saturated heterocycles. The predicted octanol–water partition coefficient (Wildman–Crippen LogP) is 3.90. The molecule has 2 heterocycles. The number of piperidine rings is 1. The molecule has 0 N–H and O–H groups in total. The number of hydrogen-bond donors (Lipinski definition) is 0. The summed E-state index contributed by atoms with van der Waals surface area (Å²) in [4.78, 5) is 26.5. The lowest BCUT2D eigenvalue weighted by atomic mass is 9.82. The van der Waals surface area contributed by atoms with Crippen LogP contribution in [0.25, 0.3) is 0 Å². The molecule has 5 nitrogen and oxygen atoms in total. The minimum absolute atomic E-state index is 0.139. The number of Topliss-reactive ketones (excluding diaryl/α,β-unsaturated/α-hetero) is 1. The molecule has 1 spiro atoms. The van der Waals surface area contributed by atoms with Crippen LogP contribution in [-0.2, 0) is 4.74 Å². The van der Waals surface area contributed by atoms with Gasteiger partial charge in [-0.3, -0.25) is 4.79 Å². The Hall–Kier alpha value is -2.04. The number of fused-ring (bicyclic) bond motifs is 1. The van der Waals surface area contributed by atoms with Gasteiger partial charge in [0.1, 0.15) is 11.4 Å². The Labute approximate surface area is 149 Å². The third kappa shape index (κ3) is 3.65. The fourth-order valence-electron chi connectivity index (χ4n) is 3.45. The standard InChI is InChI=1S/C20H27NO4/c1-13(2)12-24-19(23)21-7-5-20(6-8-21)11-17(22)16-9-14(3)15(4)10-18(16)25-20/h9-10,13H,5-8,11-12H2,1-4H3. The lowest BCUT2D eigenvalue weighted by molar-refractivity contribution is -0.0101. The van der Waals surface area contributed by atoms with Crippen LogP contribution in [0.3, 0.4) is 0 Å². The number of likely N-dealkylation sites (tertiary alicyclic amines) is 1.